The summed E-state index contributed by atoms with van der Waals surface area (Å²) < 4.78 is 28.1. The van der Waals surface area contributed by atoms with E-state index in [1.54, 1.807) is 0 Å². The summed E-state index contributed by atoms with van der Waals surface area (Å²) in [6.07, 6.45) is -2.38. The Balaban J connectivity index is 3.86. The van der Waals surface area contributed by atoms with Crippen LogP contribution in [0.3, 0.4) is 0 Å². The highest BCUT2D eigenvalue weighted by molar-refractivity contribution is 5.80. The van der Waals surface area contributed by atoms with Crippen molar-refractivity contribution in [3.8, 4) is 0 Å². The van der Waals surface area contributed by atoms with Crippen molar-refractivity contribution in [2.75, 3.05) is 6.61 Å². The van der Waals surface area contributed by atoms with Crippen LogP contribution in [0, 0.1) is 0 Å². The molecule has 1 unspecified atom stereocenters. The van der Waals surface area contributed by atoms with Gasteiger partial charge in [0.25, 0.3) is 12.3 Å². The number of carbonyl (C=O) groups is 1. The highest BCUT2D eigenvalue weighted by Crippen LogP contribution is 2.04. The number of nitrogens with two attached hydrogens (primary N) is 1. The molecule has 3 N–H and O–H groups in total. The van der Waals surface area contributed by atoms with Gasteiger partial charge in [-0.1, -0.05) is 13.3 Å². The van der Waals surface area contributed by atoms with Crippen molar-refractivity contribution in [1.82, 2.24) is 5.43 Å². The van der Waals surface area contributed by atoms with Crippen LogP contribution in [-0.2, 0) is 9.53 Å². The number of hydrazine groups is 1. The Labute approximate surface area is 75.4 Å². The third kappa shape index (κ3) is 5.48. The molecular formula is C7H14F2N2O2. The Morgan fingerprint density at radius 3 is 2.62 bits per heavy atom. The average Bonchev–Trinajstić information content (AvgIpc) is 2.10. The molecule has 0 aromatic heterocycles. The first-order chi connectivity index (χ1) is 6.11. The van der Waals surface area contributed by atoms with Crippen LogP contribution in [0.25, 0.3) is 0 Å². The van der Waals surface area contributed by atoms with E-state index in [4.69, 9.17) is 5.84 Å². The van der Waals surface area contributed by atoms with Crippen LogP contribution in [0.1, 0.15) is 19.8 Å². The number of hydrogen-bond acceptors (Lipinski definition) is 3. The number of rotatable bonds is 6. The summed E-state index contributed by atoms with van der Waals surface area (Å²) in [7, 11) is 0. The Morgan fingerprint density at radius 1 is 1.62 bits per heavy atom. The van der Waals surface area contributed by atoms with Crippen LogP contribution in [0.4, 0.5) is 8.78 Å². The van der Waals surface area contributed by atoms with Crippen molar-refractivity contribution >= 4 is 5.91 Å². The summed E-state index contributed by atoms with van der Waals surface area (Å²) >= 11 is 0. The van der Waals surface area contributed by atoms with Gasteiger partial charge < -0.3 is 4.74 Å². The van der Waals surface area contributed by atoms with Gasteiger partial charge in [-0.15, -0.1) is 0 Å². The van der Waals surface area contributed by atoms with Crippen LogP contribution in [0.15, 0.2) is 0 Å². The topological polar surface area (TPSA) is 64.3 Å². The standard InChI is InChI=1S/C7H14F2N2O2/c1-2-3-5(7(12)11-10)13-4-6(8)9/h5-6H,2-4,10H2,1H3,(H,11,12). The van der Waals surface area contributed by atoms with E-state index in [1.165, 1.54) is 0 Å². The average molecular weight is 196 g/mol. The van der Waals surface area contributed by atoms with Crippen LogP contribution in [0.2, 0.25) is 0 Å². The predicted octanol–water partition coefficient (Wildman–Crippen LogP) is 0.427. The first-order valence-electron chi connectivity index (χ1n) is 4.02. The van der Waals surface area contributed by atoms with Crippen molar-refractivity contribution in [2.24, 2.45) is 5.84 Å². The molecule has 0 rings (SSSR count). The lowest BCUT2D eigenvalue weighted by Gasteiger charge is -2.14. The molecule has 78 valence electrons. The number of halogens is 2. The van der Waals surface area contributed by atoms with Crippen molar-refractivity contribution in [3.05, 3.63) is 0 Å². The normalized spacial score (nSPS) is 13.0. The van der Waals surface area contributed by atoms with E-state index in [2.05, 4.69) is 4.74 Å². The van der Waals surface area contributed by atoms with Gasteiger partial charge in [0, 0.05) is 0 Å². The molecule has 0 aliphatic carbocycles. The van der Waals surface area contributed by atoms with Gasteiger partial charge in [0.1, 0.15) is 12.7 Å². The lowest BCUT2D eigenvalue weighted by atomic mass is 10.2. The number of hydrogen-bond donors (Lipinski definition) is 2. The third-order valence-electron chi connectivity index (χ3n) is 1.41. The molecule has 0 aromatic rings. The molecule has 0 heterocycles. The monoisotopic (exact) mass is 196 g/mol. The van der Waals surface area contributed by atoms with Gasteiger partial charge in [0.05, 0.1) is 0 Å². The van der Waals surface area contributed by atoms with Gasteiger partial charge in [-0.05, 0) is 6.42 Å². The van der Waals surface area contributed by atoms with Gasteiger partial charge in [-0.3, -0.25) is 10.2 Å². The van der Waals surface area contributed by atoms with Gasteiger partial charge >= 0.3 is 0 Å². The maximum atomic E-state index is 11.7. The molecule has 0 fully saturated rings. The molecule has 0 saturated heterocycles. The zero-order valence-corrected chi connectivity index (χ0v) is 7.43. The smallest absolute Gasteiger partial charge is 0.262 e. The zero-order chi connectivity index (χ0) is 10.3. The third-order valence-corrected chi connectivity index (χ3v) is 1.41. The second kappa shape index (κ2) is 6.73. The van der Waals surface area contributed by atoms with E-state index >= 15 is 0 Å². The second-order valence-corrected chi connectivity index (χ2v) is 2.51. The summed E-state index contributed by atoms with van der Waals surface area (Å²) in [4.78, 5) is 10.9. The van der Waals surface area contributed by atoms with Gasteiger partial charge in [-0.25, -0.2) is 14.6 Å². The van der Waals surface area contributed by atoms with Crippen molar-refractivity contribution in [2.45, 2.75) is 32.3 Å². The van der Waals surface area contributed by atoms with E-state index in [0.717, 1.165) is 0 Å². The van der Waals surface area contributed by atoms with Gasteiger partial charge in [-0.2, -0.15) is 0 Å². The van der Waals surface area contributed by atoms with Crippen molar-refractivity contribution in [1.29, 1.82) is 0 Å². The van der Waals surface area contributed by atoms with E-state index in [1.807, 2.05) is 12.3 Å². The van der Waals surface area contributed by atoms with Crippen molar-refractivity contribution < 1.29 is 18.3 Å². The largest absolute Gasteiger partial charge is 0.362 e. The summed E-state index contributed by atoms with van der Waals surface area (Å²) in [5, 5.41) is 0. The lowest BCUT2D eigenvalue weighted by molar-refractivity contribution is -0.136. The molecule has 0 aliphatic rings. The number of carbonyl (C=O) groups excluding carboxylic acids is 1. The summed E-state index contributed by atoms with van der Waals surface area (Å²) in [5.74, 6) is 4.28. The van der Waals surface area contributed by atoms with Gasteiger partial charge in [0.2, 0.25) is 0 Å². The molecule has 0 spiro atoms. The van der Waals surface area contributed by atoms with E-state index in [-0.39, 0.29) is 0 Å². The summed E-state index contributed by atoms with van der Waals surface area (Å²) in [5.41, 5.74) is 1.86. The number of amides is 1. The van der Waals surface area contributed by atoms with Crippen molar-refractivity contribution in [3.63, 3.8) is 0 Å². The Hall–Kier alpha value is -0.750. The molecule has 4 nitrogen and oxygen atoms in total. The molecule has 0 saturated carbocycles. The first-order valence-corrected chi connectivity index (χ1v) is 4.02. The van der Waals surface area contributed by atoms with Crippen LogP contribution in [-0.4, -0.2) is 25.0 Å². The molecule has 0 aliphatic heterocycles. The fourth-order valence-corrected chi connectivity index (χ4v) is 0.834. The van der Waals surface area contributed by atoms with Crippen LogP contribution >= 0.6 is 0 Å². The highest BCUT2D eigenvalue weighted by Gasteiger charge is 2.18. The Bertz CT molecular complexity index is 155. The summed E-state index contributed by atoms with van der Waals surface area (Å²) in [6.45, 7) is 1.08. The van der Waals surface area contributed by atoms with Crippen LogP contribution < -0.4 is 11.3 Å². The lowest BCUT2D eigenvalue weighted by Crippen LogP contribution is -2.41. The van der Waals surface area contributed by atoms with E-state index in [0.29, 0.717) is 12.8 Å². The number of nitrogens with one attached hydrogen (secondary N) is 1. The molecule has 0 aromatic carbocycles. The van der Waals surface area contributed by atoms with Gasteiger partial charge in [0.15, 0.2) is 0 Å². The fraction of sp³-hybridized carbons (Fsp3) is 0.857. The summed E-state index contributed by atoms with van der Waals surface area (Å²) in [6, 6.07) is 0. The number of ether oxygens (including phenoxy) is 1. The highest BCUT2D eigenvalue weighted by atomic mass is 19.3. The Morgan fingerprint density at radius 2 is 2.23 bits per heavy atom. The molecule has 0 radical (unpaired) electrons. The van der Waals surface area contributed by atoms with E-state index < -0.39 is 25.0 Å². The minimum Gasteiger partial charge on any atom is -0.362 e. The second-order valence-electron chi connectivity index (χ2n) is 2.51. The minimum atomic E-state index is -2.56. The molecular weight excluding hydrogens is 182 g/mol. The Kier molecular flexibility index (Phi) is 6.34. The van der Waals surface area contributed by atoms with Crippen LogP contribution in [0.5, 0.6) is 0 Å². The predicted molar refractivity (Wildman–Crippen MR) is 43.0 cm³/mol. The minimum absolute atomic E-state index is 0.385. The molecule has 13 heavy (non-hydrogen) atoms. The quantitative estimate of drug-likeness (QED) is 0.368. The molecule has 0 bridgehead atoms. The molecule has 1 amide bonds. The first kappa shape index (κ1) is 12.2. The molecule has 1 atom stereocenters. The SMILES string of the molecule is CCCC(OCC(F)F)C(=O)NN. The maximum Gasteiger partial charge on any atom is 0.262 e. The number of alkyl halides is 2. The fourth-order valence-electron chi connectivity index (χ4n) is 0.834. The molecule has 6 heteroatoms. The maximum absolute atomic E-state index is 11.7. The zero-order valence-electron chi connectivity index (χ0n) is 7.43. The van der Waals surface area contributed by atoms with E-state index in [9.17, 15) is 13.6 Å².